The van der Waals surface area contributed by atoms with Crippen LogP contribution < -0.4 is 20.7 Å². The molecule has 0 aliphatic heterocycles. The van der Waals surface area contributed by atoms with Gasteiger partial charge in [0.15, 0.2) is 5.69 Å². The molecule has 7 rings (SSSR count). The number of carbonyl (C=O) groups excluding carboxylic acids is 2. The highest BCUT2D eigenvalue weighted by atomic mass is 35.5. The Kier molecular flexibility index (Phi) is 5.34. The van der Waals surface area contributed by atoms with Gasteiger partial charge in [-0.1, -0.05) is 23.7 Å². The molecule has 0 radical (unpaired) electrons. The summed E-state index contributed by atoms with van der Waals surface area (Å²) in [5.41, 5.74) is 6.71. The minimum Gasteiger partial charge on any atom is -0.497 e. The normalized spacial score (nSPS) is 31.2. The summed E-state index contributed by atoms with van der Waals surface area (Å²) in [6.07, 6.45) is 6.53. The molecule has 1 heterocycles. The van der Waals surface area contributed by atoms with Gasteiger partial charge in [0, 0.05) is 25.6 Å². The van der Waals surface area contributed by atoms with E-state index < -0.39 is 0 Å². The van der Waals surface area contributed by atoms with Gasteiger partial charge in [0.2, 0.25) is 5.91 Å². The van der Waals surface area contributed by atoms with Gasteiger partial charge in [-0.2, -0.15) is 5.10 Å². The molecule has 192 valence electrons. The number of hydrogen-bond donors (Lipinski definition) is 2. The van der Waals surface area contributed by atoms with Crippen LogP contribution in [-0.2, 0) is 17.4 Å². The van der Waals surface area contributed by atoms with E-state index in [1.807, 2.05) is 26.2 Å². The second-order valence-electron chi connectivity index (χ2n) is 11.5. The van der Waals surface area contributed by atoms with Crippen molar-refractivity contribution in [2.45, 2.75) is 56.5 Å². The number of hydrogen-bond acceptors (Lipinski definition) is 5. The molecule has 2 unspecified atom stereocenters. The van der Waals surface area contributed by atoms with Crippen LogP contribution in [0, 0.1) is 23.2 Å². The van der Waals surface area contributed by atoms with Crippen LogP contribution >= 0.6 is 11.6 Å². The Morgan fingerprint density at radius 1 is 1.17 bits per heavy atom. The van der Waals surface area contributed by atoms with Gasteiger partial charge in [0.05, 0.1) is 12.6 Å². The summed E-state index contributed by atoms with van der Waals surface area (Å²) in [6, 6.07) is 8.16. The fourth-order valence-corrected chi connectivity index (χ4v) is 8.19. The fraction of sp³-hybridized carbons (Fsp3) is 0.593. The van der Waals surface area contributed by atoms with Crippen LogP contribution in [0.1, 0.15) is 61.0 Å². The van der Waals surface area contributed by atoms with Crippen LogP contribution in [0.3, 0.4) is 0 Å². The molecule has 5 saturated carbocycles. The number of primary amides is 1. The first kappa shape index (κ1) is 23.6. The summed E-state index contributed by atoms with van der Waals surface area (Å²) < 4.78 is 7.02. The largest absolute Gasteiger partial charge is 0.497 e. The zero-order valence-electron chi connectivity index (χ0n) is 21.1. The first-order valence-corrected chi connectivity index (χ1v) is 13.3. The number of rotatable bonds is 7. The number of amides is 2. The summed E-state index contributed by atoms with van der Waals surface area (Å²) in [7, 11) is 5.51. The average Bonchev–Trinajstić information content (AvgIpc) is 3.60. The minimum atomic E-state index is -0.379. The third-order valence-electron chi connectivity index (χ3n) is 9.58. The highest BCUT2D eigenvalue weighted by molar-refractivity contribution is 6.36. The van der Waals surface area contributed by atoms with Crippen LogP contribution in [0.2, 0.25) is 5.02 Å². The van der Waals surface area contributed by atoms with Crippen molar-refractivity contribution in [1.82, 2.24) is 15.1 Å². The first-order chi connectivity index (χ1) is 17.2. The van der Waals surface area contributed by atoms with Crippen LogP contribution in [0.15, 0.2) is 24.3 Å². The SMILES string of the molecule is COc1ccc(C2(N(C)c3c(Cl)c(C(=O)N[C@H]4C5CC6CC4C[C@](C(N)=O)(C6)C5)nn3C)CC2)cc1. The zero-order chi connectivity index (χ0) is 25.4. The predicted octanol–water partition coefficient (Wildman–Crippen LogP) is 3.62. The smallest absolute Gasteiger partial charge is 0.273 e. The molecule has 5 aliphatic rings. The molecule has 3 N–H and O–H groups in total. The van der Waals surface area contributed by atoms with E-state index in [0.717, 1.165) is 56.5 Å². The fourth-order valence-electron chi connectivity index (χ4n) is 7.82. The molecule has 2 aromatic rings. The number of benzene rings is 1. The van der Waals surface area contributed by atoms with E-state index in [0.29, 0.717) is 10.9 Å². The molecule has 0 spiro atoms. The number of nitrogens with two attached hydrogens (primary N) is 1. The van der Waals surface area contributed by atoms with Gasteiger partial charge < -0.3 is 20.7 Å². The van der Waals surface area contributed by atoms with Crippen LogP contribution in [-0.4, -0.2) is 41.8 Å². The lowest BCUT2D eigenvalue weighted by Crippen LogP contribution is -2.62. The number of aromatic nitrogens is 2. The maximum atomic E-state index is 13.5. The molecule has 9 heteroatoms. The number of halogens is 1. The predicted molar refractivity (Wildman–Crippen MR) is 137 cm³/mol. The third kappa shape index (κ3) is 3.44. The molecule has 2 amide bonds. The summed E-state index contributed by atoms with van der Waals surface area (Å²) in [4.78, 5) is 27.9. The summed E-state index contributed by atoms with van der Waals surface area (Å²) in [6.45, 7) is 0. The lowest BCUT2D eigenvalue weighted by molar-refractivity contribution is -0.145. The first-order valence-electron chi connectivity index (χ1n) is 12.9. The minimum absolute atomic E-state index is 0.0369. The molecule has 0 saturated heterocycles. The van der Waals surface area contributed by atoms with Crippen molar-refractivity contribution in [2.75, 3.05) is 19.1 Å². The van der Waals surface area contributed by atoms with Gasteiger partial charge in [0.25, 0.3) is 5.91 Å². The van der Waals surface area contributed by atoms with Gasteiger partial charge in [-0.25, -0.2) is 0 Å². The highest BCUT2D eigenvalue weighted by Gasteiger charge is 2.58. The standard InChI is InChI=1S/C27H34ClN5O3/c1-32(27(8-9-27)18-4-6-19(36-3)7-5-18)24-20(28)22(31-33(24)2)23(34)30-21-16-10-15-11-17(21)14-26(12-15,13-16)25(29)35/h4-7,15-17,21H,8-14H2,1-3H3,(H2,29,35)(H,30,34)/t15?,16?,17?,21-,26-. The van der Waals surface area contributed by atoms with Crippen molar-refractivity contribution in [3.05, 3.63) is 40.5 Å². The Balaban J connectivity index is 1.22. The van der Waals surface area contributed by atoms with Crippen molar-refractivity contribution in [3.63, 3.8) is 0 Å². The number of aryl methyl sites for hydroxylation is 1. The van der Waals surface area contributed by atoms with E-state index >= 15 is 0 Å². The number of nitrogens with zero attached hydrogens (tertiary/aromatic N) is 3. The Labute approximate surface area is 216 Å². The van der Waals surface area contributed by atoms with Crippen LogP contribution in [0.4, 0.5) is 5.82 Å². The van der Waals surface area contributed by atoms with Crippen molar-refractivity contribution in [1.29, 1.82) is 0 Å². The maximum absolute atomic E-state index is 13.5. The number of carbonyl (C=O) groups is 2. The summed E-state index contributed by atoms with van der Waals surface area (Å²) in [5.74, 6) is 2.24. The molecular formula is C27H34ClN5O3. The topological polar surface area (TPSA) is 102 Å². The van der Waals surface area contributed by atoms with Gasteiger partial charge in [-0.05, 0) is 80.4 Å². The quantitative estimate of drug-likeness (QED) is 0.591. The molecule has 1 aromatic heterocycles. The molecule has 8 nitrogen and oxygen atoms in total. The molecule has 5 aliphatic carbocycles. The van der Waals surface area contributed by atoms with E-state index in [9.17, 15) is 9.59 Å². The number of nitrogens with one attached hydrogen (secondary N) is 1. The van der Waals surface area contributed by atoms with Gasteiger partial charge >= 0.3 is 0 Å². The zero-order valence-corrected chi connectivity index (χ0v) is 21.8. The molecule has 1 aromatic carbocycles. The van der Waals surface area contributed by atoms with Crippen LogP contribution in [0.5, 0.6) is 5.75 Å². The van der Waals surface area contributed by atoms with Gasteiger partial charge in [-0.15, -0.1) is 0 Å². The van der Waals surface area contributed by atoms with Crippen molar-refractivity contribution in [2.24, 2.45) is 36.0 Å². The summed E-state index contributed by atoms with van der Waals surface area (Å²) in [5, 5.41) is 8.20. The highest BCUT2D eigenvalue weighted by Crippen LogP contribution is 2.60. The third-order valence-corrected chi connectivity index (χ3v) is 9.93. The monoisotopic (exact) mass is 511 g/mol. The van der Waals surface area contributed by atoms with E-state index in [4.69, 9.17) is 22.1 Å². The lowest BCUT2D eigenvalue weighted by Gasteiger charge is -2.58. The van der Waals surface area contributed by atoms with Gasteiger partial charge in [-0.3, -0.25) is 14.3 Å². The number of ether oxygens (including phenoxy) is 1. The van der Waals surface area contributed by atoms with E-state index in [-0.39, 0.29) is 46.3 Å². The second-order valence-corrected chi connectivity index (χ2v) is 11.9. The Hall–Kier alpha value is -2.74. The van der Waals surface area contributed by atoms with E-state index in [2.05, 4.69) is 27.4 Å². The van der Waals surface area contributed by atoms with Crippen molar-refractivity contribution < 1.29 is 14.3 Å². The molecule has 2 atom stereocenters. The maximum Gasteiger partial charge on any atom is 0.273 e. The number of methoxy groups -OCH3 is 1. The Morgan fingerprint density at radius 2 is 1.81 bits per heavy atom. The lowest BCUT2D eigenvalue weighted by atomic mass is 9.47. The van der Waals surface area contributed by atoms with Gasteiger partial charge in [0.1, 0.15) is 16.6 Å². The molecule has 36 heavy (non-hydrogen) atoms. The average molecular weight is 512 g/mol. The summed E-state index contributed by atoms with van der Waals surface area (Å²) >= 11 is 6.85. The van der Waals surface area contributed by atoms with Crippen molar-refractivity contribution in [3.8, 4) is 5.75 Å². The van der Waals surface area contributed by atoms with E-state index in [1.54, 1.807) is 11.8 Å². The Bertz CT molecular complexity index is 1200. The molecular weight excluding hydrogens is 478 g/mol. The van der Waals surface area contributed by atoms with Crippen molar-refractivity contribution >= 4 is 29.2 Å². The second kappa shape index (κ2) is 8.13. The molecule has 5 fully saturated rings. The van der Waals surface area contributed by atoms with E-state index in [1.165, 1.54) is 5.56 Å². The Morgan fingerprint density at radius 3 is 2.36 bits per heavy atom. The van der Waals surface area contributed by atoms with Crippen LogP contribution in [0.25, 0.3) is 0 Å². The molecule has 4 bridgehead atoms. The number of anilines is 1.